The van der Waals surface area contributed by atoms with Gasteiger partial charge >= 0.3 is 0 Å². The zero-order chi connectivity index (χ0) is 13.1. The van der Waals surface area contributed by atoms with E-state index in [9.17, 15) is 0 Å². The summed E-state index contributed by atoms with van der Waals surface area (Å²) >= 11 is 1.61. The molecule has 3 heterocycles. The van der Waals surface area contributed by atoms with Crippen LogP contribution in [0.3, 0.4) is 0 Å². The zero-order valence-electron chi connectivity index (χ0n) is 11.7. The molecule has 0 radical (unpaired) electrons. The first kappa shape index (κ1) is 16.0. The number of hydrogen-bond donors (Lipinski definition) is 1. The van der Waals surface area contributed by atoms with Crippen LogP contribution in [0.15, 0.2) is 6.20 Å². The van der Waals surface area contributed by atoms with Crippen molar-refractivity contribution >= 4 is 28.9 Å². The van der Waals surface area contributed by atoms with E-state index in [0.29, 0.717) is 5.13 Å². The van der Waals surface area contributed by atoms with Crippen LogP contribution in [-0.4, -0.2) is 60.2 Å². The van der Waals surface area contributed by atoms with Crippen molar-refractivity contribution in [3.8, 4) is 0 Å². The largest absolute Gasteiger partial charge is 0.381 e. The summed E-state index contributed by atoms with van der Waals surface area (Å²) in [6.45, 7) is 7.52. The van der Waals surface area contributed by atoms with Crippen LogP contribution in [0.5, 0.6) is 0 Å². The summed E-state index contributed by atoms with van der Waals surface area (Å²) in [6, 6.07) is 0.745. The first-order chi connectivity index (χ1) is 9.31. The smallest absolute Gasteiger partial charge is 0.180 e. The molecule has 0 spiro atoms. The van der Waals surface area contributed by atoms with Gasteiger partial charge in [0.1, 0.15) is 0 Å². The molecule has 2 aliphatic rings. The fourth-order valence-electron chi connectivity index (χ4n) is 2.95. The normalized spacial score (nSPS) is 22.6. The predicted molar refractivity (Wildman–Crippen MR) is 84.5 cm³/mol. The number of ether oxygens (including phenoxy) is 1. The maximum absolute atomic E-state index is 5.67. The maximum Gasteiger partial charge on any atom is 0.180 e. The third-order valence-electron chi connectivity index (χ3n) is 4.06. The number of piperazine rings is 1. The van der Waals surface area contributed by atoms with Gasteiger partial charge in [-0.25, -0.2) is 4.98 Å². The second kappa shape index (κ2) is 7.56. The molecule has 114 valence electrons. The molecule has 0 aromatic carbocycles. The number of anilines is 1. The van der Waals surface area contributed by atoms with Crippen LogP contribution in [-0.2, 0) is 11.3 Å². The highest BCUT2D eigenvalue weighted by atomic mass is 35.5. The molecule has 1 aromatic heterocycles. The Morgan fingerprint density at radius 2 is 1.95 bits per heavy atom. The Hall–Kier alpha value is -0.400. The fraction of sp³-hybridized carbons (Fsp3) is 0.769. The van der Waals surface area contributed by atoms with Gasteiger partial charge in [0.05, 0.1) is 0 Å². The van der Waals surface area contributed by atoms with Crippen molar-refractivity contribution < 1.29 is 4.74 Å². The summed E-state index contributed by atoms with van der Waals surface area (Å²) in [7, 11) is 0. The summed E-state index contributed by atoms with van der Waals surface area (Å²) in [5.74, 6) is 0. The third-order valence-corrected chi connectivity index (χ3v) is 4.88. The average Bonchev–Trinajstić information content (AvgIpc) is 2.86. The van der Waals surface area contributed by atoms with Crippen LogP contribution in [0.4, 0.5) is 5.13 Å². The lowest BCUT2D eigenvalue weighted by Crippen LogP contribution is -2.51. The number of halogens is 1. The van der Waals surface area contributed by atoms with Crippen LogP contribution in [0.1, 0.15) is 17.7 Å². The van der Waals surface area contributed by atoms with Gasteiger partial charge in [0.25, 0.3) is 0 Å². The lowest BCUT2D eigenvalue weighted by Gasteiger charge is -2.40. The second-order valence-electron chi connectivity index (χ2n) is 5.32. The molecule has 20 heavy (non-hydrogen) atoms. The zero-order valence-corrected chi connectivity index (χ0v) is 13.3. The summed E-state index contributed by atoms with van der Waals surface area (Å²) in [5, 5.41) is 0.677. The molecule has 0 aliphatic carbocycles. The predicted octanol–water partition coefficient (Wildman–Crippen LogP) is 1.44. The lowest BCUT2D eigenvalue weighted by molar-refractivity contribution is 0.0127. The Balaban J connectivity index is 0.00000147. The number of thiazole rings is 1. The Kier molecular flexibility index (Phi) is 6.04. The molecule has 2 saturated heterocycles. The number of nitrogen functional groups attached to an aromatic ring is 1. The van der Waals surface area contributed by atoms with Crippen LogP contribution in [0.25, 0.3) is 0 Å². The van der Waals surface area contributed by atoms with Crippen molar-refractivity contribution in [2.75, 3.05) is 45.1 Å². The van der Waals surface area contributed by atoms with Crippen molar-refractivity contribution in [1.82, 2.24) is 14.8 Å². The van der Waals surface area contributed by atoms with Crippen molar-refractivity contribution in [2.45, 2.75) is 25.4 Å². The first-order valence-electron chi connectivity index (χ1n) is 7.05. The summed E-state index contributed by atoms with van der Waals surface area (Å²) < 4.78 is 5.44. The second-order valence-corrected chi connectivity index (χ2v) is 6.47. The van der Waals surface area contributed by atoms with Gasteiger partial charge in [0.15, 0.2) is 5.13 Å². The molecule has 0 saturated carbocycles. The van der Waals surface area contributed by atoms with Crippen molar-refractivity contribution in [3.05, 3.63) is 11.1 Å². The van der Waals surface area contributed by atoms with E-state index < -0.39 is 0 Å². The van der Waals surface area contributed by atoms with E-state index in [1.54, 1.807) is 11.3 Å². The average molecular weight is 319 g/mol. The molecular weight excluding hydrogens is 296 g/mol. The monoisotopic (exact) mass is 318 g/mol. The molecule has 0 atom stereocenters. The van der Waals surface area contributed by atoms with Crippen LogP contribution >= 0.6 is 23.7 Å². The molecule has 0 unspecified atom stereocenters. The summed E-state index contributed by atoms with van der Waals surface area (Å²) in [4.78, 5) is 10.5. The summed E-state index contributed by atoms with van der Waals surface area (Å²) in [6.07, 6.45) is 4.31. The van der Waals surface area contributed by atoms with Gasteiger partial charge in [-0.2, -0.15) is 0 Å². The van der Waals surface area contributed by atoms with E-state index in [-0.39, 0.29) is 12.4 Å². The molecule has 2 aliphatic heterocycles. The van der Waals surface area contributed by atoms with Crippen LogP contribution < -0.4 is 5.73 Å². The molecule has 0 bridgehead atoms. The van der Waals surface area contributed by atoms with Gasteiger partial charge in [-0.15, -0.1) is 23.7 Å². The Bertz CT molecular complexity index is 403. The number of nitrogens with zero attached hydrogens (tertiary/aromatic N) is 3. The Morgan fingerprint density at radius 3 is 2.55 bits per heavy atom. The topological polar surface area (TPSA) is 54.6 Å². The molecule has 5 nitrogen and oxygen atoms in total. The van der Waals surface area contributed by atoms with Gasteiger partial charge in [-0.3, -0.25) is 9.80 Å². The Labute approximate surface area is 130 Å². The number of aromatic nitrogens is 1. The quantitative estimate of drug-likeness (QED) is 0.914. The third kappa shape index (κ3) is 4.05. The summed E-state index contributed by atoms with van der Waals surface area (Å²) in [5.41, 5.74) is 5.67. The van der Waals surface area contributed by atoms with Gasteiger partial charge in [0.2, 0.25) is 0 Å². The molecule has 7 heteroatoms. The minimum absolute atomic E-state index is 0. The molecular formula is C13H23ClN4OS. The van der Waals surface area contributed by atoms with E-state index in [1.165, 1.54) is 30.8 Å². The molecule has 3 rings (SSSR count). The number of rotatable bonds is 3. The standard InChI is InChI=1S/C13H22N4OS.ClH/c14-13-15-9-12(19-13)10-16-3-5-17(6-4-16)11-1-7-18-8-2-11;/h9,11H,1-8,10H2,(H2,14,15);1H. The highest BCUT2D eigenvalue weighted by Crippen LogP contribution is 2.20. The number of nitrogens with two attached hydrogens (primary N) is 1. The molecule has 2 fully saturated rings. The van der Waals surface area contributed by atoms with Gasteiger partial charge in [-0.1, -0.05) is 0 Å². The van der Waals surface area contributed by atoms with Crippen LogP contribution in [0, 0.1) is 0 Å². The highest BCUT2D eigenvalue weighted by Gasteiger charge is 2.25. The van der Waals surface area contributed by atoms with E-state index in [0.717, 1.165) is 38.9 Å². The fourth-order valence-corrected chi connectivity index (χ4v) is 3.68. The van der Waals surface area contributed by atoms with Gasteiger partial charge in [0, 0.05) is 63.1 Å². The van der Waals surface area contributed by atoms with E-state index in [1.807, 2.05) is 6.20 Å². The van der Waals surface area contributed by atoms with E-state index in [2.05, 4.69) is 14.8 Å². The van der Waals surface area contributed by atoms with Crippen LogP contribution in [0.2, 0.25) is 0 Å². The molecule has 2 N–H and O–H groups in total. The van der Waals surface area contributed by atoms with Gasteiger partial charge < -0.3 is 10.5 Å². The van der Waals surface area contributed by atoms with Crippen molar-refractivity contribution in [3.63, 3.8) is 0 Å². The van der Waals surface area contributed by atoms with E-state index in [4.69, 9.17) is 10.5 Å². The first-order valence-corrected chi connectivity index (χ1v) is 7.87. The highest BCUT2D eigenvalue weighted by molar-refractivity contribution is 7.15. The molecule has 0 amide bonds. The van der Waals surface area contributed by atoms with E-state index >= 15 is 0 Å². The van der Waals surface area contributed by atoms with Crippen molar-refractivity contribution in [1.29, 1.82) is 0 Å². The Morgan fingerprint density at radius 1 is 1.25 bits per heavy atom. The molecule has 1 aromatic rings. The lowest BCUT2D eigenvalue weighted by atomic mass is 10.1. The van der Waals surface area contributed by atoms with Gasteiger partial charge in [-0.05, 0) is 12.8 Å². The SMILES string of the molecule is Cl.Nc1ncc(CN2CCN(C3CCOCC3)CC2)s1. The van der Waals surface area contributed by atoms with Crippen molar-refractivity contribution in [2.24, 2.45) is 0 Å². The minimum atomic E-state index is 0. The maximum atomic E-state index is 5.67. The minimum Gasteiger partial charge on any atom is -0.381 e. The number of hydrogen-bond acceptors (Lipinski definition) is 6.